The van der Waals surface area contributed by atoms with Gasteiger partial charge in [0.25, 0.3) is 0 Å². The maximum absolute atomic E-state index is 10.6. The van der Waals surface area contributed by atoms with Crippen molar-refractivity contribution in [2.45, 2.75) is 52.9 Å². The van der Waals surface area contributed by atoms with E-state index >= 15 is 0 Å². The van der Waals surface area contributed by atoms with E-state index in [1.54, 1.807) is 0 Å². The Bertz CT molecular complexity index is 131. The van der Waals surface area contributed by atoms with E-state index in [4.69, 9.17) is 11.6 Å². The predicted molar refractivity (Wildman–Crippen MR) is 53.4 cm³/mol. The molecule has 0 aromatic rings. The van der Waals surface area contributed by atoms with Crippen molar-refractivity contribution in [3.05, 3.63) is 0 Å². The number of hydrogen-bond donors (Lipinski definition) is 0. The third-order valence-corrected chi connectivity index (χ3v) is 3.29. The fraction of sp³-hybridized carbons (Fsp3) is 0.900. The van der Waals surface area contributed by atoms with Gasteiger partial charge >= 0.3 is 0 Å². The van der Waals surface area contributed by atoms with E-state index in [0.717, 1.165) is 25.7 Å². The van der Waals surface area contributed by atoms with Crippen molar-refractivity contribution in [1.82, 2.24) is 0 Å². The predicted octanol–water partition coefficient (Wildman–Crippen LogP) is 3.75. The fourth-order valence-corrected chi connectivity index (χ4v) is 1.74. The molecule has 1 nitrogen and oxygen atoms in total. The van der Waals surface area contributed by atoms with Crippen LogP contribution in [0.15, 0.2) is 0 Å². The van der Waals surface area contributed by atoms with Gasteiger partial charge in [-0.2, -0.15) is 0 Å². The molecule has 0 aromatic heterocycles. The molecule has 0 rings (SSSR count). The van der Waals surface area contributed by atoms with E-state index in [2.05, 4.69) is 20.8 Å². The Morgan fingerprint density at radius 3 is 1.83 bits per heavy atom. The van der Waals surface area contributed by atoms with Crippen molar-refractivity contribution in [3.8, 4) is 0 Å². The highest BCUT2D eigenvalue weighted by Crippen LogP contribution is 2.35. The molecule has 0 saturated heterocycles. The molecule has 0 fully saturated rings. The van der Waals surface area contributed by atoms with Crippen LogP contribution in [0.1, 0.15) is 52.9 Å². The monoisotopic (exact) mass is 190 g/mol. The minimum Gasteiger partial charge on any atom is -0.281 e. The Labute approximate surface area is 80.5 Å². The van der Waals surface area contributed by atoms with E-state index in [1.165, 1.54) is 0 Å². The van der Waals surface area contributed by atoms with Gasteiger partial charge in [-0.05, 0) is 23.4 Å². The minimum atomic E-state index is -0.199. The maximum atomic E-state index is 10.6. The molecule has 12 heavy (non-hydrogen) atoms. The normalized spacial score (nSPS) is 11.7. The molecular weight excluding hydrogens is 172 g/mol. The number of halogens is 1. The van der Waals surface area contributed by atoms with Gasteiger partial charge in [0.15, 0.2) is 0 Å². The highest BCUT2D eigenvalue weighted by molar-refractivity contribution is 6.63. The molecular formula is C10H19ClO. The summed E-state index contributed by atoms with van der Waals surface area (Å²) in [5, 5.41) is -0.199. The lowest BCUT2D eigenvalue weighted by atomic mass is 9.76. The van der Waals surface area contributed by atoms with Gasteiger partial charge in [0.05, 0.1) is 0 Å². The highest BCUT2D eigenvalue weighted by atomic mass is 35.5. The maximum Gasteiger partial charge on any atom is 0.221 e. The first-order valence-electron chi connectivity index (χ1n) is 4.78. The van der Waals surface area contributed by atoms with Crippen LogP contribution in [0.2, 0.25) is 0 Å². The van der Waals surface area contributed by atoms with Gasteiger partial charge in [0.1, 0.15) is 0 Å². The van der Waals surface area contributed by atoms with Gasteiger partial charge in [-0.15, -0.1) is 0 Å². The Hall–Kier alpha value is -0.0400. The molecule has 0 N–H and O–H groups in total. The summed E-state index contributed by atoms with van der Waals surface area (Å²) in [5.74, 6) is 0. The second-order valence-corrected chi connectivity index (χ2v) is 3.84. The molecule has 0 bridgehead atoms. The van der Waals surface area contributed by atoms with Crippen molar-refractivity contribution < 1.29 is 4.79 Å². The van der Waals surface area contributed by atoms with Crippen LogP contribution in [0, 0.1) is 5.41 Å². The number of hydrogen-bond acceptors (Lipinski definition) is 1. The van der Waals surface area contributed by atoms with Crippen LogP contribution in [0.25, 0.3) is 0 Å². The zero-order valence-corrected chi connectivity index (χ0v) is 9.08. The fourth-order valence-electron chi connectivity index (χ4n) is 1.64. The zero-order valence-electron chi connectivity index (χ0n) is 8.32. The van der Waals surface area contributed by atoms with Crippen molar-refractivity contribution in [3.63, 3.8) is 0 Å². The summed E-state index contributed by atoms with van der Waals surface area (Å²) in [5.41, 5.74) is 0.352. The lowest BCUT2D eigenvalue weighted by Crippen LogP contribution is -2.18. The first kappa shape index (κ1) is 12.0. The second kappa shape index (κ2) is 5.58. The summed E-state index contributed by atoms with van der Waals surface area (Å²) < 4.78 is 0. The molecule has 0 aliphatic rings. The molecule has 0 radical (unpaired) electrons. The Balaban J connectivity index is 4.01. The zero-order chi connectivity index (χ0) is 9.61. The summed E-state index contributed by atoms with van der Waals surface area (Å²) in [6, 6.07) is 0. The van der Waals surface area contributed by atoms with Crippen LogP contribution in [-0.2, 0) is 4.79 Å². The van der Waals surface area contributed by atoms with E-state index < -0.39 is 0 Å². The van der Waals surface area contributed by atoms with Crippen molar-refractivity contribution >= 4 is 16.8 Å². The molecule has 0 atom stereocenters. The summed E-state index contributed by atoms with van der Waals surface area (Å²) in [7, 11) is 0. The molecule has 72 valence electrons. The Kier molecular flexibility index (Phi) is 5.56. The molecule has 0 unspecified atom stereocenters. The van der Waals surface area contributed by atoms with Gasteiger partial charge in [-0.1, -0.05) is 40.0 Å². The molecule has 2 heteroatoms. The van der Waals surface area contributed by atoms with E-state index in [0.29, 0.717) is 11.8 Å². The molecule has 0 aromatic carbocycles. The lowest BCUT2D eigenvalue weighted by molar-refractivity contribution is -0.112. The molecule has 0 aliphatic carbocycles. The van der Waals surface area contributed by atoms with Gasteiger partial charge < -0.3 is 0 Å². The summed E-state index contributed by atoms with van der Waals surface area (Å²) in [6.45, 7) is 6.56. The van der Waals surface area contributed by atoms with Crippen molar-refractivity contribution in [1.29, 1.82) is 0 Å². The van der Waals surface area contributed by atoms with E-state index in [9.17, 15) is 4.79 Å². The van der Waals surface area contributed by atoms with Crippen LogP contribution in [0.3, 0.4) is 0 Å². The molecule has 0 heterocycles. The van der Waals surface area contributed by atoms with Gasteiger partial charge in [-0.25, -0.2) is 0 Å². The van der Waals surface area contributed by atoms with E-state index in [1.807, 2.05) is 0 Å². The van der Waals surface area contributed by atoms with Crippen LogP contribution in [0.4, 0.5) is 0 Å². The Morgan fingerprint density at radius 1 is 1.17 bits per heavy atom. The SMILES string of the molecule is CCC(CC)(CC)CCC(=O)Cl. The molecule has 0 aliphatic heterocycles. The smallest absolute Gasteiger partial charge is 0.221 e. The van der Waals surface area contributed by atoms with Crippen LogP contribution in [-0.4, -0.2) is 5.24 Å². The highest BCUT2D eigenvalue weighted by Gasteiger charge is 2.23. The van der Waals surface area contributed by atoms with Crippen molar-refractivity contribution in [2.75, 3.05) is 0 Å². The third-order valence-electron chi connectivity index (χ3n) is 3.10. The van der Waals surface area contributed by atoms with Crippen LogP contribution >= 0.6 is 11.6 Å². The number of carbonyl (C=O) groups excluding carboxylic acids is 1. The minimum absolute atomic E-state index is 0.199. The van der Waals surface area contributed by atoms with E-state index in [-0.39, 0.29) is 5.24 Å². The van der Waals surface area contributed by atoms with Crippen LogP contribution < -0.4 is 0 Å². The average molecular weight is 191 g/mol. The number of rotatable bonds is 6. The molecule has 0 amide bonds. The van der Waals surface area contributed by atoms with Gasteiger partial charge in [0, 0.05) is 6.42 Å². The second-order valence-electron chi connectivity index (χ2n) is 3.42. The standard InChI is InChI=1S/C10H19ClO/c1-4-10(5-2,6-3)8-7-9(11)12/h4-8H2,1-3H3. The average Bonchev–Trinajstić information content (AvgIpc) is 2.08. The first-order chi connectivity index (χ1) is 5.60. The molecule has 0 saturated carbocycles. The van der Waals surface area contributed by atoms with Gasteiger partial charge in [0.2, 0.25) is 5.24 Å². The largest absolute Gasteiger partial charge is 0.281 e. The summed E-state index contributed by atoms with van der Waals surface area (Å²) >= 11 is 5.32. The number of carbonyl (C=O) groups is 1. The topological polar surface area (TPSA) is 17.1 Å². The van der Waals surface area contributed by atoms with Crippen molar-refractivity contribution in [2.24, 2.45) is 5.41 Å². The van der Waals surface area contributed by atoms with Gasteiger partial charge in [-0.3, -0.25) is 4.79 Å². The lowest BCUT2D eigenvalue weighted by Gasteiger charge is -2.29. The molecule has 0 spiro atoms. The quantitative estimate of drug-likeness (QED) is 0.583. The Morgan fingerprint density at radius 2 is 1.58 bits per heavy atom. The first-order valence-corrected chi connectivity index (χ1v) is 5.16. The van der Waals surface area contributed by atoms with Crippen LogP contribution in [0.5, 0.6) is 0 Å². The summed E-state index contributed by atoms with van der Waals surface area (Å²) in [6.07, 6.45) is 4.90. The third kappa shape index (κ3) is 3.57. The summed E-state index contributed by atoms with van der Waals surface area (Å²) in [4.78, 5) is 10.6.